The quantitative estimate of drug-likeness (QED) is 0.577. The Balaban J connectivity index is 1.53. The molecule has 7 heteroatoms. The van der Waals surface area contributed by atoms with Gasteiger partial charge in [-0.1, -0.05) is 48.6 Å². The van der Waals surface area contributed by atoms with Gasteiger partial charge in [0, 0.05) is 10.4 Å². The number of hydrogen-bond acceptors (Lipinski definition) is 7. The van der Waals surface area contributed by atoms with Crippen LogP contribution in [0.5, 0.6) is 0 Å². The van der Waals surface area contributed by atoms with Gasteiger partial charge in [-0.05, 0) is 12.5 Å². The van der Waals surface area contributed by atoms with Crippen molar-refractivity contribution in [2.24, 2.45) is 0 Å². The van der Waals surface area contributed by atoms with Gasteiger partial charge in [0.2, 0.25) is 0 Å². The summed E-state index contributed by atoms with van der Waals surface area (Å²) in [4.78, 5) is 11.1. The molecule has 0 atom stereocenters. The van der Waals surface area contributed by atoms with Crippen LogP contribution < -0.4 is 5.32 Å². The van der Waals surface area contributed by atoms with Crippen molar-refractivity contribution in [2.45, 2.75) is 19.9 Å². The first-order valence-corrected chi connectivity index (χ1v) is 9.32. The summed E-state index contributed by atoms with van der Waals surface area (Å²) < 4.78 is 0. The third kappa shape index (κ3) is 3.00. The minimum Gasteiger partial charge on any atom is -0.363 e. The number of rotatable bonds is 5. The van der Waals surface area contributed by atoms with Crippen LogP contribution in [0.4, 0.5) is 5.82 Å². The van der Waals surface area contributed by atoms with Gasteiger partial charge in [0.05, 0.1) is 11.9 Å². The minimum atomic E-state index is 0.605. The number of anilines is 1. The fourth-order valence-electron chi connectivity index (χ4n) is 2.40. The highest BCUT2D eigenvalue weighted by atomic mass is 32.1. The summed E-state index contributed by atoms with van der Waals surface area (Å²) in [5, 5.41) is 14.9. The largest absolute Gasteiger partial charge is 0.363 e. The lowest BCUT2D eigenvalue weighted by molar-refractivity contribution is 0.986. The van der Waals surface area contributed by atoms with Crippen LogP contribution in [-0.4, -0.2) is 20.2 Å². The Morgan fingerprint density at radius 1 is 1.04 bits per heavy atom. The lowest BCUT2D eigenvalue weighted by Gasteiger charge is -2.03. The summed E-state index contributed by atoms with van der Waals surface area (Å²) in [7, 11) is 0. The maximum atomic E-state index is 4.38. The average Bonchev–Trinajstić information content (AvgIpc) is 3.27. The van der Waals surface area contributed by atoms with Crippen LogP contribution in [-0.2, 0) is 13.0 Å². The number of aromatic nitrogens is 4. The zero-order valence-corrected chi connectivity index (χ0v) is 14.7. The highest BCUT2D eigenvalue weighted by Gasteiger charge is 2.10. The predicted molar refractivity (Wildman–Crippen MR) is 99.5 cm³/mol. The molecule has 1 N–H and O–H groups in total. The van der Waals surface area contributed by atoms with Gasteiger partial charge in [-0.25, -0.2) is 9.97 Å². The van der Waals surface area contributed by atoms with Gasteiger partial charge in [-0.2, -0.15) is 0 Å². The molecule has 3 aromatic heterocycles. The van der Waals surface area contributed by atoms with Gasteiger partial charge in [-0.3, -0.25) is 0 Å². The molecule has 0 spiro atoms. The van der Waals surface area contributed by atoms with Crippen molar-refractivity contribution in [2.75, 3.05) is 5.32 Å². The standard InChI is InChI=1S/C17H15N5S2/c1-2-12-8-13-15(19-10-20-17(13)23-12)18-9-14-21-22-16(24-14)11-6-4-3-5-7-11/h3-8,10H,2,9H2,1H3,(H,18,19,20). The predicted octanol–water partition coefficient (Wildman–Crippen LogP) is 4.38. The Kier molecular flexibility index (Phi) is 4.18. The van der Waals surface area contributed by atoms with Crippen molar-refractivity contribution in [3.8, 4) is 10.6 Å². The maximum Gasteiger partial charge on any atom is 0.147 e. The molecule has 0 saturated carbocycles. The van der Waals surface area contributed by atoms with Crippen molar-refractivity contribution >= 4 is 38.7 Å². The van der Waals surface area contributed by atoms with E-state index in [0.29, 0.717) is 6.54 Å². The minimum absolute atomic E-state index is 0.605. The molecule has 0 unspecified atom stereocenters. The van der Waals surface area contributed by atoms with E-state index in [1.165, 1.54) is 4.88 Å². The molecular formula is C17H15N5S2. The van der Waals surface area contributed by atoms with Crippen LogP contribution in [0.2, 0.25) is 0 Å². The third-order valence-corrected chi connectivity index (χ3v) is 5.78. The van der Waals surface area contributed by atoms with E-state index >= 15 is 0 Å². The van der Waals surface area contributed by atoms with Gasteiger partial charge in [-0.15, -0.1) is 21.5 Å². The molecule has 0 amide bonds. The van der Waals surface area contributed by atoms with E-state index < -0.39 is 0 Å². The molecule has 24 heavy (non-hydrogen) atoms. The smallest absolute Gasteiger partial charge is 0.147 e. The van der Waals surface area contributed by atoms with Crippen LogP contribution in [0, 0.1) is 0 Å². The molecule has 0 aliphatic rings. The monoisotopic (exact) mass is 353 g/mol. The molecule has 0 radical (unpaired) electrons. The van der Waals surface area contributed by atoms with Gasteiger partial charge in [0.1, 0.15) is 27.0 Å². The molecule has 3 heterocycles. The number of aryl methyl sites for hydroxylation is 1. The average molecular weight is 353 g/mol. The molecule has 0 fully saturated rings. The Morgan fingerprint density at radius 2 is 1.92 bits per heavy atom. The highest BCUT2D eigenvalue weighted by Crippen LogP contribution is 2.29. The molecule has 0 bridgehead atoms. The Hall–Kier alpha value is -2.38. The molecule has 1 aromatic carbocycles. The van der Waals surface area contributed by atoms with Crippen molar-refractivity contribution in [3.63, 3.8) is 0 Å². The Morgan fingerprint density at radius 3 is 2.75 bits per heavy atom. The fourth-order valence-corrected chi connectivity index (χ4v) is 4.12. The summed E-state index contributed by atoms with van der Waals surface area (Å²) in [6.45, 7) is 2.76. The van der Waals surface area contributed by atoms with E-state index in [1.54, 1.807) is 29.0 Å². The Bertz CT molecular complexity index is 961. The van der Waals surface area contributed by atoms with Crippen molar-refractivity contribution in [1.29, 1.82) is 0 Å². The van der Waals surface area contributed by atoms with Crippen LogP contribution >= 0.6 is 22.7 Å². The van der Waals surface area contributed by atoms with Crippen molar-refractivity contribution in [1.82, 2.24) is 20.2 Å². The van der Waals surface area contributed by atoms with Crippen LogP contribution in [0.3, 0.4) is 0 Å². The Labute approximate surface area is 147 Å². The second-order valence-electron chi connectivity index (χ2n) is 5.23. The van der Waals surface area contributed by atoms with Gasteiger partial charge in [0.25, 0.3) is 0 Å². The van der Waals surface area contributed by atoms with E-state index in [-0.39, 0.29) is 0 Å². The normalized spacial score (nSPS) is 11.0. The van der Waals surface area contributed by atoms with Crippen molar-refractivity contribution in [3.05, 3.63) is 52.6 Å². The fraction of sp³-hybridized carbons (Fsp3) is 0.176. The molecule has 120 valence electrons. The summed E-state index contributed by atoms with van der Waals surface area (Å²) in [6, 6.07) is 12.3. The zero-order chi connectivity index (χ0) is 16.4. The van der Waals surface area contributed by atoms with Crippen molar-refractivity contribution < 1.29 is 0 Å². The highest BCUT2D eigenvalue weighted by molar-refractivity contribution is 7.18. The van der Waals surface area contributed by atoms with Gasteiger partial charge >= 0.3 is 0 Å². The summed E-state index contributed by atoms with van der Waals surface area (Å²) in [5.74, 6) is 0.854. The van der Waals surface area contributed by atoms with Crippen LogP contribution in [0.1, 0.15) is 16.8 Å². The zero-order valence-electron chi connectivity index (χ0n) is 13.1. The first-order chi connectivity index (χ1) is 11.8. The first kappa shape index (κ1) is 15.2. The number of fused-ring (bicyclic) bond motifs is 1. The molecule has 4 aromatic rings. The molecule has 4 rings (SSSR count). The SMILES string of the molecule is CCc1cc2c(NCc3nnc(-c4ccccc4)s3)ncnc2s1. The number of benzene rings is 1. The number of thiophene rings is 1. The van der Waals surface area contributed by atoms with E-state index in [4.69, 9.17) is 0 Å². The van der Waals surface area contributed by atoms with E-state index in [0.717, 1.165) is 38.0 Å². The second-order valence-corrected chi connectivity index (χ2v) is 7.41. The number of hydrogen-bond donors (Lipinski definition) is 1. The molecule has 5 nitrogen and oxygen atoms in total. The third-order valence-electron chi connectivity index (χ3n) is 3.62. The van der Waals surface area contributed by atoms with E-state index in [9.17, 15) is 0 Å². The maximum absolute atomic E-state index is 4.38. The lowest BCUT2D eigenvalue weighted by atomic mass is 10.2. The summed E-state index contributed by atoms with van der Waals surface area (Å²) in [6.07, 6.45) is 2.62. The van der Waals surface area contributed by atoms with Crippen LogP contribution in [0.15, 0.2) is 42.7 Å². The molecular weight excluding hydrogens is 338 g/mol. The van der Waals surface area contributed by atoms with Gasteiger partial charge < -0.3 is 5.32 Å². The number of nitrogens with zero attached hydrogens (tertiary/aromatic N) is 4. The molecule has 0 aliphatic heterocycles. The topological polar surface area (TPSA) is 63.6 Å². The lowest BCUT2D eigenvalue weighted by Crippen LogP contribution is -2.01. The summed E-state index contributed by atoms with van der Waals surface area (Å²) in [5.41, 5.74) is 1.09. The second kappa shape index (κ2) is 6.62. The number of nitrogens with one attached hydrogen (secondary N) is 1. The van der Waals surface area contributed by atoms with E-state index in [1.807, 2.05) is 30.3 Å². The van der Waals surface area contributed by atoms with E-state index in [2.05, 4.69) is 38.5 Å². The van der Waals surface area contributed by atoms with Crippen LogP contribution in [0.25, 0.3) is 20.8 Å². The molecule has 0 aliphatic carbocycles. The summed E-state index contributed by atoms with van der Waals surface area (Å²) >= 11 is 3.31. The van der Waals surface area contributed by atoms with Gasteiger partial charge in [0.15, 0.2) is 0 Å². The first-order valence-electron chi connectivity index (χ1n) is 7.68. The molecule has 0 saturated heterocycles.